The number of allylic oxidation sites excluding steroid dienone is 2. The van der Waals surface area contributed by atoms with Crippen LogP contribution in [0.1, 0.15) is 47.0 Å². The first kappa shape index (κ1) is 10.5. The highest BCUT2D eigenvalue weighted by Crippen LogP contribution is 2.39. The monoisotopic (exact) mass is 180 g/mol. The summed E-state index contributed by atoms with van der Waals surface area (Å²) in [4.78, 5) is 10.8. The van der Waals surface area contributed by atoms with E-state index in [4.69, 9.17) is 0 Å². The summed E-state index contributed by atoms with van der Waals surface area (Å²) in [5, 5.41) is 0. The minimum absolute atomic E-state index is 0.342. The van der Waals surface area contributed by atoms with E-state index >= 15 is 0 Å². The Balaban J connectivity index is 2.76. The van der Waals surface area contributed by atoms with Crippen LogP contribution in [-0.2, 0) is 4.79 Å². The molecule has 0 saturated heterocycles. The van der Waals surface area contributed by atoms with E-state index in [-0.39, 0.29) is 0 Å². The van der Waals surface area contributed by atoms with Crippen LogP contribution in [0.4, 0.5) is 0 Å². The molecule has 0 aromatic rings. The van der Waals surface area contributed by atoms with E-state index in [1.807, 2.05) is 0 Å². The van der Waals surface area contributed by atoms with Crippen LogP contribution in [-0.4, -0.2) is 6.29 Å². The van der Waals surface area contributed by atoms with Gasteiger partial charge in [-0.1, -0.05) is 26.3 Å². The average Bonchev–Trinajstić information content (AvgIpc) is 2.03. The second-order valence-corrected chi connectivity index (χ2v) is 5.23. The third-order valence-corrected chi connectivity index (χ3v) is 3.25. The summed E-state index contributed by atoms with van der Waals surface area (Å²) in [6.07, 6.45) is 4.38. The van der Waals surface area contributed by atoms with Gasteiger partial charge in [0.1, 0.15) is 6.29 Å². The summed E-state index contributed by atoms with van der Waals surface area (Å²) in [6, 6.07) is 0. The molecule has 74 valence electrons. The van der Waals surface area contributed by atoms with E-state index in [1.54, 1.807) is 0 Å². The van der Waals surface area contributed by atoms with Gasteiger partial charge in [0.15, 0.2) is 0 Å². The lowest BCUT2D eigenvalue weighted by Crippen LogP contribution is -2.24. The molecule has 0 saturated carbocycles. The molecule has 0 N–H and O–H groups in total. The lowest BCUT2D eigenvalue weighted by molar-refractivity contribution is -0.105. The molecular weight excluding hydrogens is 160 g/mol. The minimum atomic E-state index is 0.342. The molecule has 0 aromatic heterocycles. The van der Waals surface area contributed by atoms with Crippen molar-refractivity contribution < 1.29 is 4.79 Å². The van der Waals surface area contributed by atoms with E-state index in [9.17, 15) is 4.79 Å². The highest BCUT2D eigenvalue weighted by Gasteiger charge is 2.28. The number of aldehydes is 1. The Morgan fingerprint density at radius 2 is 2.00 bits per heavy atom. The normalized spacial score (nSPS) is 24.8. The molecule has 0 heterocycles. The van der Waals surface area contributed by atoms with Gasteiger partial charge in [-0.15, -0.1) is 0 Å². The molecule has 0 fully saturated rings. The highest BCUT2D eigenvalue weighted by atomic mass is 16.1. The van der Waals surface area contributed by atoms with Crippen molar-refractivity contribution in [2.24, 2.45) is 11.3 Å². The highest BCUT2D eigenvalue weighted by molar-refractivity contribution is 5.74. The van der Waals surface area contributed by atoms with Crippen LogP contribution in [0.5, 0.6) is 0 Å². The van der Waals surface area contributed by atoms with Gasteiger partial charge in [-0.25, -0.2) is 0 Å². The zero-order chi connectivity index (χ0) is 10.1. The quantitative estimate of drug-likeness (QED) is 0.565. The Morgan fingerprint density at radius 1 is 1.38 bits per heavy atom. The fourth-order valence-corrected chi connectivity index (χ4v) is 1.98. The molecule has 1 unspecified atom stereocenters. The third kappa shape index (κ3) is 2.43. The predicted molar refractivity (Wildman–Crippen MR) is 55.6 cm³/mol. The van der Waals surface area contributed by atoms with Gasteiger partial charge in [-0.3, -0.25) is 4.79 Å². The lowest BCUT2D eigenvalue weighted by atomic mass is 9.71. The van der Waals surface area contributed by atoms with Crippen LogP contribution >= 0.6 is 0 Å². The molecule has 0 spiro atoms. The number of carbonyl (C=O) groups is 1. The first-order valence-electron chi connectivity index (χ1n) is 5.09. The molecule has 1 nitrogen and oxygen atoms in total. The summed E-state index contributed by atoms with van der Waals surface area (Å²) in [6.45, 7) is 8.88. The third-order valence-electron chi connectivity index (χ3n) is 3.25. The van der Waals surface area contributed by atoms with Crippen LogP contribution in [0.15, 0.2) is 11.1 Å². The van der Waals surface area contributed by atoms with Crippen LogP contribution in [0.25, 0.3) is 0 Å². The van der Waals surface area contributed by atoms with Gasteiger partial charge in [0, 0.05) is 0 Å². The number of hydrogen-bond acceptors (Lipinski definition) is 1. The van der Waals surface area contributed by atoms with Gasteiger partial charge >= 0.3 is 0 Å². The van der Waals surface area contributed by atoms with Crippen LogP contribution in [0.3, 0.4) is 0 Å². The largest absolute Gasteiger partial charge is 0.298 e. The predicted octanol–water partition coefficient (Wildman–Crippen LogP) is 3.35. The number of carbonyl (C=O) groups excluding carboxylic acids is 1. The maximum Gasteiger partial charge on any atom is 0.145 e. The van der Waals surface area contributed by atoms with Crippen molar-refractivity contribution in [1.82, 2.24) is 0 Å². The van der Waals surface area contributed by atoms with Crippen molar-refractivity contribution in [2.45, 2.75) is 47.0 Å². The van der Waals surface area contributed by atoms with Gasteiger partial charge < -0.3 is 0 Å². The molecule has 1 aliphatic rings. The van der Waals surface area contributed by atoms with Crippen LogP contribution < -0.4 is 0 Å². The molecule has 13 heavy (non-hydrogen) atoms. The lowest BCUT2D eigenvalue weighted by Gasteiger charge is -2.34. The van der Waals surface area contributed by atoms with Crippen molar-refractivity contribution in [2.75, 3.05) is 0 Å². The zero-order valence-corrected chi connectivity index (χ0v) is 9.18. The number of hydrogen-bond donors (Lipinski definition) is 0. The number of rotatable bonds is 1. The van der Waals surface area contributed by atoms with Crippen molar-refractivity contribution >= 4 is 6.29 Å². The standard InChI is InChI=1S/C12H20O/c1-9-5-6-11(12(2,3)4)7-10(9)8-13/h8,11H,5-7H2,1-4H3. The van der Waals surface area contributed by atoms with E-state index in [2.05, 4.69) is 27.7 Å². The second-order valence-electron chi connectivity index (χ2n) is 5.23. The maximum atomic E-state index is 10.8. The molecule has 1 atom stereocenters. The van der Waals surface area contributed by atoms with Crippen molar-refractivity contribution in [3.8, 4) is 0 Å². The first-order chi connectivity index (χ1) is 5.95. The van der Waals surface area contributed by atoms with Crippen molar-refractivity contribution in [3.05, 3.63) is 11.1 Å². The zero-order valence-electron chi connectivity index (χ0n) is 9.18. The van der Waals surface area contributed by atoms with E-state index in [1.165, 1.54) is 12.0 Å². The van der Waals surface area contributed by atoms with Gasteiger partial charge in [0.05, 0.1) is 0 Å². The maximum absolute atomic E-state index is 10.8. The Kier molecular flexibility index (Phi) is 2.94. The van der Waals surface area contributed by atoms with Gasteiger partial charge in [-0.2, -0.15) is 0 Å². The molecule has 1 heteroatoms. The Hall–Kier alpha value is -0.590. The van der Waals surface area contributed by atoms with Crippen molar-refractivity contribution in [1.29, 1.82) is 0 Å². The minimum Gasteiger partial charge on any atom is -0.298 e. The summed E-state index contributed by atoms with van der Waals surface area (Å²) in [5.41, 5.74) is 2.69. The van der Waals surface area contributed by atoms with Crippen molar-refractivity contribution in [3.63, 3.8) is 0 Å². The average molecular weight is 180 g/mol. The van der Waals surface area contributed by atoms with E-state index < -0.39 is 0 Å². The Bertz CT molecular complexity index is 230. The molecule has 0 aliphatic heterocycles. The molecule has 0 aromatic carbocycles. The Morgan fingerprint density at radius 3 is 2.46 bits per heavy atom. The van der Waals surface area contributed by atoms with E-state index in [0.717, 1.165) is 24.7 Å². The Labute approximate surface area is 81.2 Å². The summed E-state index contributed by atoms with van der Waals surface area (Å²) < 4.78 is 0. The summed E-state index contributed by atoms with van der Waals surface area (Å²) in [7, 11) is 0. The fraction of sp³-hybridized carbons (Fsp3) is 0.750. The fourth-order valence-electron chi connectivity index (χ4n) is 1.98. The van der Waals surface area contributed by atoms with Crippen LogP contribution in [0, 0.1) is 11.3 Å². The first-order valence-corrected chi connectivity index (χ1v) is 5.09. The van der Waals surface area contributed by atoms with Gasteiger partial charge in [-0.05, 0) is 43.1 Å². The van der Waals surface area contributed by atoms with E-state index in [0.29, 0.717) is 11.3 Å². The topological polar surface area (TPSA) is 17.1 Å². The molecule has 1 rings (SSSR count). The summed E-state index contributed by atoms with van der Waals surface area (Å²) in [5.74, 6) is 0.677. The molecule has 0 bridgehead atoms. The molecule has 0 radical (unpaired) electrons. The van der Waals surface area contributed by atoms with Gasteiger partial charge in [0.25, 0.3) is 0 Å². The molecule has 0 amide bonds. The molecular formula is C12H20O. The summed E-state index contributed by atoms with van der Waals surface area (Å²) >= 11 is 0. The second kappa shape index (κ2) is 3.65. The smallest absolute Gasteiger partial charge is 0.145 e. The molecule has 1 aliphatic carbocycles. The van der Waals surface area contributed by atoms with Crippen LogP contribution in [0.2, 0.25) is 0 Å². The SMILES string of the molecule is CC1=C(C=O)CC(C(C)(C)C)CC1. The van der Waals surface area contributed by atoms with Gasteiger partial charge in [0.2, 0.25) is 0 Å².